The van der Waals surface area contributed by atoms with Crippen molar-refractivity contribution >= 4 is 11.1 Å². The lowest BCUT2D eigenvalue weighted by Gasteiger charge is -2.10. The Morgan fingerprint density at radius 2 is 2.41 bits per heavy atom. The van der Waals surface area contributed by atoms with E-state index in [-0.39, 0.29) is 0 Å². The zero-order valence-electron chi connectivity index (χ0n) is 9.45. The Balaban J connectivity index is 1.73. The monoisotopic (exact) mass is 233 g/mol. The van der Waals surface area contributed by atoms with Crippen LogP contribution in [0.5, 0.6) is 0 Å². The van der Waals surface area contributed by atoms with Crippen molar-refractivity contribution in [1.29, 1.82) is 0 Å². The van der Waals surface area contributed by atoms with Crippen LogP contribution in [-0.4, -0.2) is 24.1 Å². The Morgan fingerprint density at radius 1 is 1.47 bits per heavy atom. The van der Waals surface area contributed by atoms with Gasteiger partial charge in [0, 0.05) is 19.1 Å². The summed E-state index contributed by atoms with van der Waals surface area (Å²) < 4.78 is 4.96. The fraction of sp³-hybridized carbons (Fsp3) is 0.417. The molecule has 3 N–H and O–H groups in total. The minimum absolute atomic E-state index is 0.398. The molecule has 5 heteroatoms. The van der Waals surface area contributed by atoms with Gasteiger partial charge in [-0.05, 0) is 30.7 Å². The molecular weight excluding hydrogens is 218 g/mol. The number of rotatable bonds is 3. The van der Waals surface area contributed by atoms with E-state index in [1.54, 1.807) is 0 Å². The molecule has 90 valence electrons. The van der Waals surface area contributed by atoms with Gasteiger partial charge in [0.15, 0.2) is 5.58 Å². The molecule has 1 aliphatic heterocycles. The molecule has 1 atom stereocenters. The molecule has 2 heterocycles. The molecule has 1 aromatic heterocycles. The number of hydrogen-bond acceptors (Lipinski definition) is 4. The minimum Gasteiger partial charge on any atom is -0.408 e. The van der Waals surface area contributed by atoms with Crippen molar-refractivity contribution in [2.75, 3.05) is 13.1 Å². The average Bonchev–Trinajstić information content (AvgIpc) is 2.92. The zero-order chi connectivity index (χ0) is 11.7. The van der Waals surface area contributed by atoms with Gasteiger partial charge in [-0.2, -0.15) is 0 Å². The van der Waals surface area contributed by atoms with Crippen molar-refractivity contribution in [3.63, 3.8) is 0 Å². The second kappa shape index (κ2) is 4.35. The van der Waals surface area contributed by atoms with Gasteiger partial charge in [-0.15, -0.1) is 0 Å². The van der Waals surface area contributed by atoms with Crippen LogP contribution in [0.1, 0.15) is 12.0 Å². The molecule has 5 nitrogen and oxygen atoms in total. The van der Waals surface area contributed by atoms with E-state index < -0.39 is 5.76 Å². The van der Waals surface area contributed by atoms with Crippen molar-refractivity contribution in [3.05, 3.63) is 34.3 Å². The first-order chi connectivity index (χ1) is 8.31. The smallest absolute Gasteiger partial charge is 0.408 e. The number of nitrogens with one attached hydrogen (secondary N) is 3. The van der Waals surface area contributed by atoms with Crippen LogP contribution >= 0.6 is 0 Å². The second-order valence-corrected chi connectivity index (χ2v) is 4.42. The van der Waals surface area contributed by atoms with Crippen LogP contribution in [0, 0.1) is 0 Å². The predicted molar refractivity (Wildman–Crippen MR) is 64.9 cm³/mol. The van der Waals surface area contributed by atoms with Gasteiger partial charge in [0.25, 0.3) is 0 Å². The molecule has 17 heavy (non-hydrogen) atoms. The van der Waals surface area contributed by atoms with Crippen molar-refractivity contribution in [2.45, 2.75) is 19.0 Å². The molecular formula is C12H15N3O2. The molecule has 0 radical (unpaired) electrons. The maximum Gasteiger partial charge on any atom is 0.417 e. The van der Waals surface area contributed by atoms with E-state index >= 15 is 0 Å². The lowest BCUT2D eigenvalue weighted by Crippen LogP contribution is -2.30. The summed E-state index contributed by atoms with van der Waals surface area (Å²) in [6, 6.07) is 6.32. The van der Waals surface area contributed by atoms with Gasteiger partial charge < -0.3 is 15.1 Å². The molecule has 0 amide bonds. The minimum atomic E-state index is -0.398. The SMILES string of the molecule is O=c1[nH]c2cc(CNC3CCNC3)ccc2o1. The Kier molecular flexibility index (Phi) is 2.70. The molecule has 0 bridgehead atoms. The summed E-state index contributed by atoms with van der Waals surface area (Å²) in [5.41, 5.74) is 2.53. The van der Waals surface area contributed by atoms with Gasteiger partial charge in [0.2, 0.25) is 0 Å². The summed E-state index contributed by atoms with van der Waals surface area (Å²) in [5.74, 6) is -0.398. The summed E-state index contributed by atoms with van der Waals surface area (Å²) >= 11 is 0. The van der Waals surface area contributed by atoms with E-state index in [0.717, 1.165) is 30.7 Å². The number of fused-ring (bicyclic) bond motifs is 1. The molecule has 1 fully saturated rings. The zero-order valence-corrected chi connectivity index (χ0v) is 9.45. The summed E-state index contributed by atoms with van der Waals surface area (Å²) in [5, 5.41) is 6.80. The van der Waals surface area contributed by atoms with Crippen molar-refractivity contribution in [2.24, 2.45) is 0 Å². The third kappa shape index (κ3) is 2.25. The lowest BCUT2D eigenvalue weighted by molar-refractivity contribution is 0.547. The molecule has 1 aromatic carbocycles. The predicted octanol–water partition coefficient (Wildman–Crippen LogP) is 0.573. The van der Waals surface area contributed by atoms with E-state index in [1.807, 2.05) is 18.2 Å². The maximum atomic E-state index is 11.0. The first kappa shape index (κ1) is 10.6. The highest BCUT2D eigenvalue weighted by atomic mass is 16.4. The van der Waals surface area contributed by atoms with Crippen LogP contribution in [0.25, 0.3) is 11.1 Å². The number of hydrogen-bond donors (Lipinski definition) is 3. The topological polar surface area (TPSA) is 70.1 Å². The highest BCUT2D eigenvalue weighted by Crippen LogP contribution is 2.12. The van der Waals surface area contributed by atoms with Crippen LogP contribution in [-0.2, 0) is 6.54 Å². The lowest BCUT2D eigenvalue weighted by atomic mass is 10.2. The van der Waals surface area contributed by atoms with Crippen LogP contribution in [0.15, 0.2) is 27.4 Å². The van der Waals surface area contributed by atoms with Crippen molar-refractivity contribution in [1.82, 2.24) is 15.6 Å². The number of aromatic amines is 1. The van der Waals surface area contributed by atoms with Gasteiger partial charge >= 0.3 is 5.76 Å². The molecule has 1 saturated heterocycles. The fourth-order valence-electron chi connectivity index (χ4n) is 2.20. The summed E-state index contributed by atoms with van der Waals surface area (Å²) in [4.78, 5) is 13.7. The van der Waals surface area contributed by atoms with Crippen LogP contribution in [0.4, 0.5) is 0 Å². The van der Waals surface area contributed by atoms with Crippen LogP contribution in [0.3, 0.4) is 0 Å². The van der Waals surface area contributed by atoms with Gasteiger partial charge in [0.05, 0.1) is 5.52 Å². The quantitative estimate of drug-likeness (QED) is 0.725. The molecule has 1 aliphatic rings. The van der Waals surface area contributed by atoms with E-state index in [0.29, 0.717) is 11.6 Å². The number of oxazole rings is 1. The molecule has 0 saturated carbocycles. The molecule has 2 aromatic rings. The van der Waals surface area contributed by atoms with Gasteiger partial charge in [-0.1, -0.05) is 6.07 Å². The van der Waals surface area contributed by atoms with E-state index in [9.17, 15) is 4.79 Å². The van der Waals surface area contributed by atoms with Crippen LogP contribution < -0.4 is 16.4 Å². The Morgan fingerprint density at radius 3 is 3.24 bits per heavy atom. The second-order valence-electron chi connectivity index (χ2n) is 4.42. The highest BCUT2D eigenvalue weighted by Gasteiger charge is 2.13. The number of H-pyrrole nitrogens is 1. The third-order valence-electron chi connectivity index (χ3n) is 3.14. The summed E-state index contributed by atoms with van der Waals surface area (Å²) in [7, 11) is 0. The van der Waals surface area contributed by atoms with E-state index in [2.05, 4.69) is 15.6 Å². The molecule has 0 spiro atoms. The summed E-state index contributed by atoms with van der Waals surface area (Å²) in [6.45, 7) is 2.94. The third-order valence-corrected chi connectivity index (χ3v) is 3.14. The number of aromatic nitrogens is 1. The Labute approximate surface area is 98.2 Å². The first-order valence-electron chi connectivity index (χ1n) is 5.87. The van der Waals surface area contributed by atoms with Gasteiger partial charge in [0.1, 0.15) is 0 Å². The Hall–Kier alpha value is -1.59. The maximum absolute atomic E-state index is 11.0. The molecule has 3 rings (SSSR count). The normalized spacial score (nSPS) is 20.1. The van der Waals surface area contributed by atoms with Crippen molar-refractivity contribution < 1.29 is 4.42 Å². The fourth-order valence-corrected chi connectivity index (χ4v) is 2.20. The largest absolute Gasteiger partial charge is 0.417 e. The van der Waals surface area contributed by atoms with E-state index in [1.165, 1.54) is 6.42 Å². The molecule has 1 unspecified atom stereocenters. The van der Waals surface area contributed by atoms with Crippen LogP contribution in [0.2, 0.25) is 0 Å². The Bertz CT molecular complexity index is 566. The number of benzene rings is 1. The first-order valence-corrected chi connectivity index (χ1v) is 5.87. The summed E-state index contributed by atoms with van der Waals surface area (Å²) in [6.07, 6.45) is 1.17. The average molecular weight is 233 g/mol. The van der Waals surface area contributed by atoms with Gasteiger partial charge in [-0.25, -0.2) is 4.79 Å². The standard InChI is InChI=1S/C12H15N3O2/c16-12-15-10-5-8(1-2-11(10)17-12)6-14-9-3-4-13-7-9/h1-2,5,9,13-14H,3-4,6-7H2,(H,15,16). The van der Waals surface area contributed by atoms with Crippen molar-refractivity contribution in [3.8, 4) is 0 Å². The highest BCUT2D eigenvalue weighted by molar-refractivity contribution is 5.72. The van der Waals surface area contributed by atoms with Gasteiger partial charge in [-0.3, -0.25) is 4.98 Å². The van der Waals surface area contributed by atoms with E-state index in [4.69, 9.17) is 4.42 Å². The molecule has 0 aliphatic carbocycles.